The van der Waals surface area contributed by atoms with Crippen LogP contribution in [0, 0.1) is 0 Å². The third kappa shape index (κ3) is 5.95. The molecule has 17 heavy (non-hydrogen) atoms. The fourth-order valence-electron chi connectivity index (χ4n) is 1.13. The number of benzene rings is 1. The zero-order chi connectivity index (χ0) is 13.3. The lowest BCUT2D eigenvalue weighted by Gasteiger charge is -2.02. The Kier molecular flexibility index (Phi) is 7.85. The van der Waals surface area contributed by atoms with Crippen LogP contribution in [0.3, 0.4) is 0 Å². The summed E-state index contributed by atoms with van der Waals surface area (Å²) in [5, 5.41) is 2.91. The predicted molar refractivity (Wildman–Crippen MR) is 74.0 cm³/mol. The summed E-state index contributed by atoms with van der Waals surface area (Å²) in [5.74, 6) is 0.00231. The minimum absolute atomic E-state index is 0.00231. The third-order valence-electron chi connectivity index (χ3n) is 2.09. The van der Waals surface area contributed by atoms with Crippen LogP contribution in [0.25, 0.3) is 0 Å². The number of nitrogens with one attached hydrogen (secondary N) is 1. The summed E-state index contributed by atoms with van der Waals surface area (Å²) in [6, 6.07) is 7.37. The molecule has 0 bridgehead atoms. The van der Waals surface area contributed by atoms with Crippen molar-refractivity contribution >= 4 is 11.6 Å². The maximum atomic E-state index is 11.5. The van der Waals surface area contributed by atoms with Gasteiger partial charge in [-0.1, -0.05) is 27.7 Å². The summed E-state index contributed by atoms with van der Waals surface area (Å²) in [7, 11) is 0. The number of hydrogen-bond donors (Lipinski definition) is 2. The van der Waals surface area contributed by atoms with Gasteiger partial charge in [-0.05, 0) is 37.1 Å². The Balaban J connectivity index is 0.000000581. The van der Waals surface area contributed by atoms with Crippen LogP contribution in [-0.4, -0.2) is 11.9 Å². The van der Waals surface area contributed by atoms with Crippen LogP contribution >= 0.6 is 0 Å². The first kappa shape index (κ1) is 15.5. The van der Waals surface area contributed by atoms with E-state index in [0.717, 1.165) is 12.8 Å². The highest BCUT2D eigenvalue weighted by molar-refractivity contribution is 5.94. The van der Waals surface area contributed by atoms with Gasteiger partial charge in [0.05, 0.1) is 0 Å². The van der Waals surface area contributed by atoms with Crippen molar-refractivity contribution in [2.24, 2.45) is 0 Å². The van der Waals surface area contributed by atoms with E-state index in [2.05, 4.69) is 5.32 Å². The molecule has 1 fully saturated rings. The Morgan fingerprint density at radius 2 is 1.59 bits per heavy atom. The predicted octanol–water partition coefficient (Wildman–Crippen LogP) is 3.21. The molecule has 1 aromatic carbocycles. The molecule has 1 saturated carbocycles. The van der Waals surface area contributed by atoms with Crippen LogP contribution in [-0.2, 0) is 0 Å². The van der Waals surface area contributed by atoms with E-state index < -0.39 is 0 Å². The normalized spacial score (nSPS) is 12.5. The van der Waals surface area contributed by atoms with Crippen molar-refractivity contribution in [2.45, 2.75) is 46.6 Å². The maximum absolute atomic E-state index is 11.5. The number of carbonyl (C=O) groups is 1. The van der Waals surface area contributed by atoms with Gasteiger partial charge in [0.1, 0.15) is 0 Å². The molecule has 1 aromatic rings. The quantitative estimate of drug-likeness (QED) is 0.775. The number of rotatable bonds is 2. The summed E-state index contributed by atoms with van der Waals surface area (Å²) >= 11 is 0. The lowest BCUT2D eigenvalue weighted by atomic mass is 10.2. The molecule has 96 valence electrons. The fourth-order valence-corrected chi connectivity index (χ4v) is 1.13. The topological polar surface area (TPSA) is 55.1 Å². The molecule has 1 aliphatic rings. The molecule has 0 atom stereocenters. The van der Waals surface area contributed by atoms with Gasteiger partial charge in [0.2, 0.25) is 0 Å². The molecule has 0 heterocycles. The van der Waals surface area contributed by atoms with Crippen molar-refractivity contribution < 1.29 is 4.79 Å². The van der Waals surface area contributed by atoms with Crippen LogP contribution < -0.4 is 11.1 Å². The first-order chi connectivity index (χ1) is 8.25. The molecule has 1 aliphatic carbocycles. The SMILES string of the molecule is CC.CC.Nc1ccc(C(=O)NC2CC2)cc1. The molecule has 0 unspecified atom stereocenters. The minimum Gasteiger partial charge on any atom is -0.399 e. The van der Waals surface area contributed by atoms with Crippen molar-refractivity contribution in [3.8, 4) is 0 Å². The number of amides is 1. The third-order valence-corrected chi connectivity index (χ3v) is 2.09. The maximum Gasteiger partial charge on any atom is 0.251 e. The molecular formula is C14H24N2O. The number of anilines is 1. The van der Waals surface area contributed by atoms with E-state index in [0.29, 0.717) is 17.3 Å². The van der Waals surface area contributed by atoms with Gasteiger partial charge in [-0.3, -0.25) is 4.79 Å². The van der Waals surface area contributed by atoms with Crippen molar-refractivity contribution in [2.75, 3.05) is 5.73 Å². The van der Waals surface area contributed by atoms with Gasteiger partial charge in [-0.2, -0.15) is 0 Å². The Morgan fingerprint density at radius 1 is 1.12 bits per heavy atom. The van der Waals surface area contributed by atoms with E-state index in [1.807, 2.05) is 27.7 Å². The zero-order valence-corrected chi connectivity index (χ0v) is 11.3. The number of carbonyl (C=O) groups excluding carboxylic acids is 1. The lowest BCUT2D eigenvalue weighted by Crippen LogP contribution is -2.25. The van der Waals surface area contributed by atoms with Gasteiger partial charge in [0, 0.05) is 17.3 Å². The number of nitrogen functional groups attached to an aromatic ring is 1. The van der Waals surface area contributed by atoms with E-state index in [-0.39, 0.29) is 5.91 Å². The smallest absolute Gasteiger partial charge is 0.251 e. The van der Waals surface area contributed by atoms with Gasteiger partial charge in [-0.25, -0.2) is 0 Å². The monoisotopic (exact) mass is 236 g/mol. The van der Waals surface area contributed by atoms with Gasteiger partial charge < -0.3 is 11.1 Å². The Hall–Kier alpha value is -1.51. The summed E-state index contributed by atoms with van der Waals surface area (Å²) < 4.78 is 0. The van der Waals surface area contributed by atoms with Gasteiger partial charge in [0.15, 0.2) is 0 Å². The largest absolute Gasteiger partial charge is 0.399 e. The first-order valence-electron chi connectivity index (χ1n) is 6.42. The number of nitrogens with two attached hydrogens (primary N) is 1. The summed E-state index contributed by atoms with van der Waals surface area (Å²) in [6.07, 6.45) is 2.22. The highest BCUT2D eigenvalue weighted by atomic mass is 16.1. The standard InChI is InChI=1S/C10H12N2O.2C2H6/c11-8-3-1-7(2-4-8)10(13)12-9-5-6-9;2*1-2/h1-4,9H,5-6,11H2,(H,12,13);2*1-2H3. The van der Waals surface area contributed by atoms with Crippen LogP contribution in [0.2, 0.25) is 0 Å². The molecule has 0 spiro atoms. The van der Waals surface area contributed by atoms with E-state index >= 15 is 0 Å². The summed E-state index contributed by atoms with van der Waals surface area (Å²) in [5.41, 5.74) is 6.87. The van der Waals surface area contributed by atoms with Gasteiger partial charge >= 0.3 is 0 Å². The van der Waals surface area contributed by atoms with E-state index in [1.54, 1.807) is 24.3 Å². The second kappa shape index (κ2) is 8.62. The highest BCUT2D eigenvalue weighted by Crippen LogP contribution is 2.19. The average molecular weight is 236 g/mol. The Bertz CT molecular complexity index is 315. The molecule has 2 rings (SSSR count). The minimum atomic E-state index is 0.00231. The fraction of sp³-hybridized carbons (Fsp3) is 0.500. The second-order valence-corrected chi connectivity index (χ2v) is 3.37. The van der Waals surface area contributed by atoms with Crippen LogP contribution in [0.15, 0.2) is 24.3 Å². The molecule has 0 radical (unpaired) electrons. The Labute approximate surface area is 104 Å². The zero-order valence-electron chi connectivity index (χ0n) is 11.3. The first-order valence-corrected chi connectivity index (χ1v) is 6.42. The Morgan fingerprint density at radius 3 is 2.00 bits per heavy atom. The lowest BCUT2D eigenvalue weighted by molar-refractivity contribution is 0.0951. The van der Waals surface area contributed by atoms with Crippen LogP contribution in [0.5, 0.6) is 0 Å². The van der Waals surface area contributed by atoms with Crippen LogP contribution in [0.4, 0.5) is 5.69 Å². The van der Waals surface area contributed by atoms with Gasteiger partial charge in [0.25, 0.3) is 5.91 Å². The molecule has 0 aromatic heterocycles. The molecular weight excluding hydrogens is 212 g/mol. The molecule has 3 nitrogen and oxygen atoms in total. The average Bonchev–Trinajstić information content (AvgIpc) is 3.19. The number of hydrogen-bond acceptors (Lipinski definition) is 2. The molecule has 3 N–H and O–H groups in total. The van der Waals surface area contributed by atoms with Crippen molar-refractivity contribution in [1.29, 1.82) is 0 Å². The highest BCUT2D eigenvalue weighted by Gasteiger charge is 2.23. The van der Waals surface area contributed by atoms with Crippen molar-refractivity contribution in [3.63, 3.8) is 0 Å². The summed E-state index contributed by atoms with van der Waals surface area (Å²) in [6.45, 7) is 8.00. The van der Waals surface area contributed by atoms with Gasteiger partial charge in [-0.15, -0.1) is 0 Å². The second-order valence-electron chi connectivity index (χ2n) is 3.37. The summed E-state index contributed by atoms with van der Waals surface area (Å²) in [4.78, 5) is 11.5. The molecule has 0 saturated heterocycles. The van der Waals surface area contributed by atoms with E-state index in [9.17, 15) is 4.79 Å². The van der Waals surface area contributed by atoms with Crippen molar-refractivity contribution in [3.05, 3.63) is 29.8 Å². The molecule has 1 amide bonds. The molecule has 0 aliphatic heterocycles. The van der Waals surface area contributed by atoms with Crippen LogP contribution in [0.1, 0.15) is 50.9 Å². The molecule has 3 heteroatoms. The van der Waals surface area contributed by atoms with E-state index in [4.69, 9.17) is 5.73 Å². The van der Waals surface area contributed by atoms with E-state index in [1.165, 1.54) is 0 Å². The van der Waals surface area contributed by atoms with Crippen molar-refractivity contribution in [1.82, 2.24) is 5.32 Å².